The highest BCUT2D eigenvalue weighted by molar-refractivity contribution is 6.87. The Hall–Kier alpha value is -0.833. The van der Waals surface area contributed by atoms with Crippen LogP contribution in [0.4, 0.5) is 0 Å². The van der Waals surface area contributed by atoms with Gasteiger partial charge in [0.15, 0.2) is 0 Å². The van der Waals surface area contributed by atoms with Gasteiger partial charge in [0.1, 0.15) is 14.2 Å². The van der Waals surface area contributed by atoms with Crippen molar-refractivity contribution in [3.63, 3.8) is 0 Å². The molecule has 3 rings (SSSR count). The molecule has 0 unspecified atom stereocenters. The van der Waals surface area contributed by atoms with Crippen molar-refractivity contribution in [2.24, 2.45) is 11.8 Å². The first-order chi connectivity index (χ1) is 10.9. The van der Waals surface area contributed by atoms with E-state index in [1.165, 1.54) is 0 Å². The molecule has 0 aromatic heterocycles. The molecule has 4 atom stereocenters. The van der Waals surface area contributed by atoms with Crippen LogP contribution in [0.25, 0.3) is 0 Å². The van der Waals surface area contributed by atoms with E-state index in [1.807, 2.05) is 13.8 Å². The number of ether oxygens (including phenoxy) is 3. The van der Waals surface area contributed by atoms with Crippen molar-refractivity contribution in [3.05, 3.63) is 0 Å². The summed E-state index contributed by atoms with van der Waals surface area (Å²) in [5, 5.41) is 0.224. The number of rotatable bonds is 0. The van der Waals surface area contributed by atoms with E-state index in [1.54, 1.807) is 0 Å². The van der Waals surface area contributed by atoms with Gasteiger partial charge in [-0.2, -0.15) is 0 Å². The molecule has 0 bridgehead atoms. The fourth-order valence-corrected chi connectivity index (χ4v) is 4.63. The summed E-state index contributed by atoms with van der Waals surface area (Å²) in [6, 6.07) is 0. The lowest BCUT2D eigenvalue weighted by Crippen LogP contribution is -2.71. The maximum atomic E-state index is 12.3. The Morgan fingerprint density at radius 1 is 1.25 bits per heavy atom. The molecular weight excluding hydrogens is 320 g/mol. The van der Waals surface area contributed by atoms with E-state index in [4.69, 9.17) is 14.2 Å². The molecule has 134 valence electrons. The number of hydrogen-bond donors (Lipinski definition) is 0. The molecule has 1 aliphatic carbocycles. The fraction of sp³-hybridized carbons (Fsp3) is 0.842. The topological polar surface area (TPSA) is 44.8 Å². The van der Waals surface area contributed by atoms with Crippen molar-refractivity contribution >= 4 is 14.0 Å². The summed E-state index contributed by atoms with van der Waals surface area (Å²) >= 11 is 0. The van der Waals surface area contributed by atoms with Crippen LogP contribution in [0.15, 0.2) is 0 Å². The second-order valence-electron chi connectivity index (χ2n) is 9.53. The first-order valence-corrected chi connectivity index (χ1v) is 11.9. The van der Waals surface area contributed by atoms with Crippen LogP contribution in [-0.4, -0.2) is 38.1 Å². The van der Waals surface area contributed by atoms with Crippen molar-refractivity contribution in [2.75, 3.05) is 6.61 Å². The van der Waals surface area contributed by atoms with Gasteiger partial charge >= 0.3 is 5.97 Å². The molecule has 5 heteroatoms. The van der Waals surface area contributed by atoms with Gasteiger partial charge in [0.2, 0.25) is 5.79 Å². The Labute approximate surface area is 146 Å². The van der Waals surface area contributed by atoms with Gasteiger partial charge < -0.3 is 14.2 Å². The molecule has 0 aromatic rings. The van der Waals surface area contributed by atoms with E-state index in [2.05, 4.69) is 45.3 Å². The second kappa shape index (κ2) is 5.33. The lowest BCUT2D eigenvalue weighted by Gasteiger charge is -2.62. The van der Waals surface area contributed by atoms with Crippen LogP contribution in [0.2, 0.25) is 18.1 Å². The number of hydrogen-bond acceptors (Lipinski definition) is 4. The van der Waals surface area contributed by atoms with E-state index < -0.39 is 19.5 Å². The third-order valence-corrected chi connectivity index (χ3v) is 10.8. The molecule has 2 saturated heterocycles. The van der Waals surface area contributed by atoms with Gasteiger partial charge in [-0.1, -0.05) is 39.8 Å². The monoisotopic (exact) mass is 350 g/mol. The predicted octanol–water partition coefficient (Wildman–Crippen LogP) is 3.51. The third-order valence-electron chi connectivity index (χ3n) is 6.29. The average molecular weight is 351 g/mol. The molecule has 2 aliphatic heterocycles. The summed E-state index contributed by atoms with van der Waals surface area (Å²) in [6.45, 7) is 15.6. The van der Waals surface area contributed by atoms with E-state index >= 15 is 0 Å². The smallest absolute Gasteiger partial charge is 0.314 e. The molecular formula is C19H30O4Si. The van der Waals surface area contributed by atoms with Gasteiger partial charge in [-0.3, -0.25) is 4.79 Å². The largest absolute Gasteiger partial charge is 0.433 e. The summed E-state index contributed by atoms with van der Waals surface area (Å²) in [7, 11) is -1.67. The summed E-state index contributed by atoms with van der Waals surface area (Å²) in [6.07, 6.45) is 1.32. The van der Waals surface area contributed by atoms with E-state index in [0.717, 1.165) is 6.42 Å². The van der Waals surface area contributed by atoms with Gasteiger partial charge in [0.25, 0.3) is 0 Å². The Bertz CT molecular complexity index is 607. The normalized spacial score (nSPS) is 38.0. The third kappa shape index (κ3) is 2.83. The minimum atomic E-state index is -1.67. The molecule has 4 nitrogen and oxygen atoms in total. The lowest BCUT2D eigenvalue weighted by atomic mass is 9.57. The predicted molar refractivity (Wildman–Crippen MR) is 94.9 cm³/mol. The minimum absolute atomic E-state index is 0.125. The van der Waals surface area contributed by atoms with Crippen LogP contribution >= 0.6 is 0 Å². The van der Waals surface area contributed by atoms with Gasteiger partial charge in [0, 0.05) is 26.2 Å². The van der Waals surface area contributed by atoms with E-state index in [9.17, 15) is 4.79 Å². The van der Waals surface area contributed by atoms with Crippen molar-refractivity contribution < 1.29 is 19.0 Å². The molecule has 1 spiro atoms. The number of carbonyl (C=O) groups is 1. The molecule has 3 aliphatic rings. The maximum Gasteiger partial charge on any atom is 0.314 e. The van der Waals surface area contributed by atoms with Crippen LogP contribution in [0.3, 0.4) is 0 Å². The van der Waals surface area contributed by atoms with Gasteiger partial charge in [0.05, 0.1) is 18.1 Å². The molecule has 0 amide bonds. The SMILES string of the molecule is CC1(C)OC(=O)[C@@H]2C[C@H]3CO[C@H](C#C[Si](C)(C)C(C)(C)C)C[C@]32O1. The molecule has 0 aromatic carbocycles. The molecule has 0 radical (unpaired) electrons. The zero-order valence-corrected chi connectivity index (χ0v) is 17.0. The van der Waals surface area contributed by atoms with Crippen molar-refractivity contribution in [1.29, 1.82) is 0 Å². The van der Waals surface area contributed by atoms with Gasteiger partial charge in [-0.15, -0.1) is 5.54 Å². The number of esters is 1. The summed E-state index contributed by atoms with van der Waals surface area (Å²) in [5.74, 6) is 2.52. The Morgan fingerprint density at radius 3 is 2.54 bits per heavy atom. The quantitative estimate of drug-likeness (QED) is 0.381. The highest BCUT2D eigenvalue weighted by Crippen LogP contribution is 2.57. The molecule has 0 N–H and O–H groups in total. The first-order valence-electron chi connectivity index (χ1n) is 8.94. The Morgan fingerprint density at radius 2 is 1.92 bits per heavy atom. The van der Waals surface area contributed by atoms with Crippen LogP contribution in [0.5, 0.6) is 0 Å². The van der Waals surface area contributed by atoms with Crippen LogP contribution in [0.1, 0.15) is 47.5 Å². The maximum absolute atomic E-state index is 12.3. The average Bonchev–Trinajstić information content (AvgIpc) is 2.37. The Balaban J connectivity index is 1.81. The minimum Gasteiger partial charge on any atom is -0.433 e. The lowest BCUT2D eigenvalue weighted by molar-refractivity contribution is -0.366. The number of carbonyl (C=O) groups excluding carboxylic acids is 1. The first kappa shape index (κ1) is 18.0. The zero-order chi connectivity index (χ0) is 18.0. The highest BCUT2D eigenvalue weighted by atomic mass is 28.3. The van der Waals surface area contributed by atoms with E-state index in [0.29, 0.717) is 13.0 Å². The summed E-state index contributed by atoms with van der Waals surface area (Å²) in [5.41, 5.74) is 3.10. The van der Waals surface area contributed by atoms with Crippen LogP contribution in [-0.2, 0) is 19.0 Å². The summed E-state index contributed by atoms with van der Waals surface area (Å²) < 4.78 is 17.7. The number of cyclic esters (lactones) is 1. The van der Waals surface area contributed by atoms with Crippen molar-refractivity contribution in [3.8, 4) is 11.5 Å². The van der Waals surface area contributed by atoms with Gasteiger partial charge in [-0.25, -0.2) is 0 Å². The standard InChI is InChI=1S/C19H30O4Si/c1-17(2,3)24(6,7)9-8-14-11-19-13(12-21-14)10-15(19)16(20)22-18(4,5)23-19/h13-15H,10-12H2,1-7H3/t13-,14+,15-,19-/m0/s1. The Kier molecular flexibility index (Phi) is 3.99. The molecule has 3 fully saturated rings. The van der Waals surface area contributed by atoms with E-state index in [-0.39, 0.29) is 28.9 Å². The molecule has 24 heavy (non-hydrogen) atoms. The molecule has 1 saturated carbocycles. The summed E-state index contributed by atoms with van der Waals surface area (Å²) in [4.78, 5) is 12.3. The second-order valence-corrected chi connectivity index (χ2v) is 14.5. The fourth-order valence-electron chi connectivity index (χ4n) is 3.73. The highest BCUT2D eigenvalue weighted by Gasteiger charge is 2.67. The van der Waals surface area contributed by atoms with Gasteiger partial charge in [-0.05, 0) is 11.5 Å². The van der Waals surface area contributed by atoms with Crippen LogP contribution in [0, 0.1) is 23.3 Å². The van der Waals surface area contributed by atoms with Crippen LogP contribution < -0.4 is 0 Å². The molecule has 2 heterocycles. The van der Waals surface area contributed by atoms with Crippen molar-refractivity contribution in [1.82, 2.24) is 0 Å². The zero-order valence-electron chi connectivity index (χ0n) is 16.0. The van der Waals surface area contributed by atoms with Crippen molar-refractivity contribution in [2.45, 2.75) is 83.1 Å².